The molecule has 2 aromatic rings. The molecule has 0 aromatic heterocycles. The van der Waals surface area contributed by atoms with E-state index in [0.717, 1.165) is 5.56 Å². The summed E-state index contributed by atoms with van der Waals surface area (Å²) >= 11 is 0. The van der Waals surface area contributed by atoms with Crippen molar-refractivity contribution < 1.29 is 9.18 Å². The number of carbonyl (C=O) groups is 1. The number of rotatable bonds is 5. The van der Waals surface area contributed by atoms with Crippen molar-refractivity contribution in [3.8, 4) is 0 Å². The highest BCUT2D eigenvalue weighted by Gasteiger charge is 2.21. The van der Waals surface area contributed by atoms with E-state index in [1.54, 1.807) is 19.2 Å². The van der Waals surface area contributed by atoms with Crippen LogP contribution in [0.15, 0.2) is 59.6 Å². The second-order valence-electron chi connectivity index (χ2n) is 6.59. The summed E-state index contributed by atoms with van der Waals surface area (Å²) in [6.45, 7) is 3.47. The van der Waals surface area contributed by atoms with E-state index in [2.05, 4.69) is 20.5 Å². The molecule has 1 amide bonds. The van der Waals surface area contributed by atoms with Gasteiger partial charge in [0.15, 0.2) is 5.96 Å². The first kappa shape index (κ1) is 22.9. The number of guanidine groups is 1. The lowest BCUT2D eigenvalue weighted by atomic mass is 10.2. The van der Waals surface area contributed by atoms with Crippen LogP contribution in [-0.4, -0.2) is 56.5 Å². The molecule has 0 aliphatic carbocycles. The molecule has 2 aromatic carbocycles. The Bertz CT molecular complexity index is 810. The van der Waals surface area contributed by atoms with E-state index in [9.17, 15) is 9.18 Å². The SMILES string of the molecule is CN=C(NCC(=O)NCc1ccccc1)N1CCN(c2ccccc2F)CC1.I. The molecule has 29 heavy (non-hydrogen) atoms. The van der Waals surface area contributed by atoms with Crippen molar-refractivity contribution in [1.82, 2.24) is 15.5 Å². The Hall–Kier alpha value is -2.36. The summed E-state index contributed by atoms with van der Waals surface area (Å²) in [7, 11) is 1.70. The minimum Gasteiger partial charge on any atom is -0.366 e. The Balaban J connectivity index is 0.00000300. The van der Waals surface area contributed by atoms with Crippen LogP contribution in [0.4, 0.5) is 10.1 Å². The molecule has 3 rings (SSSR count). The van der Waals surface area contributed by atoms with Gasteiger partial charge in [-0.2, -0.15) is 0 Å². The highest BCUT2D eigenvalue weighted by molar-refractivity contribution is 14.0. The van der Waals surface area contributed by atoms with E-state index in [-0.39, 0.29) is 42.2 Å². The van der Waals surface area contributed by atoms with Crippen molar-refractivity contribution in [2.75, 3.05) is 44.7 Å². The summed E-state index contributed by atoms with van der Waals surface area (Å²) < 4.78 is 14.0. The monoisotopic (exact) mass is 511 g/mol. The predicted octanol–water partition coefficient (Wildman–Crippen LogP) is 2.46. The highest BCUT2D eigenvalue weighted by atomic mass is 127. The lowest BCUT2D eigenvalue weighted by molar-refractivity contribution is -0.120. The van der Waals surface area contributed by atoms with Crippen LogP contribution >= 0.6 is 24.0 Å². The average Bonchev–Trinajstić information content (AvgIpc) is 2.74. The average molecular weight is 511 g/mol. The van der Waals surface area contributed by atoms with Gasteiger partial charge in [0, 0.05) is 39.8 Å². The third kappa shape index (κ3) is 6.59. The number of piperazine rings is 1. The van der Waals surface area contributed by atoms with Gasteiger partial charge < -0.3 is 20.4 Å². The van der Waals surface area contributed by atoms with Crippen LogP contribution < -0.4 is 15.5 Å². The minimum atomic E-state index is -0.200. The van der Waals surface area contributed by atoms with Crippen LogP contribution in [0.5, 0.6) is 0 Å². The summed E-state index contributed by atoms with van der Waals surface area (Å²) in [4.78, 5) is 20.5. The number of anilines is 1. The van der Waals surface area contributed by atoms with Crippen LogP contribution in [0.1, 0.15) is 5.56 Å². The number of hydrogen-bond acceptors (Lipinski definition) is 3. The van der Waals surface area contributed by atoms with Crippen LogP contribution in [0.2, 0.25) is 0 Å². The molecule has 8 heteroatoms. The molecule has 0 radical (unpaired) electrons. The van der Waals surface area contributed by atoms with Crippen molar-refractivity contribution >= 4 is 41.5 Å². The second-order valence-corrected chi connectivity index (χ2v) is 6.59. The van der Waals surface area contributed by atoms with Crippen molar-refractivity contribution in [1.29, 1.82) is 0 Å². The van der Waals surface area contributed by atoms with Crippen LogP contribution in [-0.2, 0) is 11.3 Å². The van der Waals surface area contributed by atoms with E-state index in [1.165, 1.54) is 6.07 Å². The Kier molecular flexibility index (Phi) is 9.17. The zero-order chi connectivity index (χ0) is 19.8. The van der Waals surface area contributed by atoms with E-state index in [1.807, 2.05) is 41.3 Å². The molecule has 1 aliphatic rings. The van der Waals surface area contributed by atoms with Crippen molar-refractivity contribution in [3.63, 3.8) is 0 Å². The Morgan fingerprint density at radius 2 is 1.66 bits per heavy atom. The van der Waals surface area contributed by atoms with Crippen LogP contribution in [0.3, 0.4) is 0 Å². The molecular formula is C21H27FIN5O. The number of nitrogens with zero attached hydrogens (tertiary/aromatic N) is 3. The number of hydrogen-bond donors (Lipinski definition) is 2. The summed E-state index contributed by atoms with van der Waals surface area (Å²) in [5.41, 5.74) is 1.69. The van der Waals surface area contributed by atoms with Gasteiger partial charge in [-0.15, -0.1) is 24.0 Å². The van der Waals surface area contributed by atoms with Crippen LogP contribution in [0, 0.1) is 5.82 Å². The van der Waals surface area contributed by atoms with Gasteiger partial charge in [-0.25, -0.2) is 4.39 Å². The van der Waals surface area contributed by atoms with Gasteiger partial charge in [0.05, 0.1) is 12.2 Å². The quantitative estimate of drug-likeness (QED) is 0.368. The molecular weight excluding hydrogens is 484 g/mol. The smallest absolute Gasteiger partial charge is 0.239 e. The maximum Gasteiger partial charge on any atom is 0.239 e. The standard InChI is InChI=1S/C21H26FN5O.HI/c1-23-21(25-16-20(28)24-15-17-7-3-2-4-8-17)27-13-11-26(12-14-27)19-10-6-5-9-18(19)22;/h2-10H,11-16H2,1H3,(H,23,25)(H,24,28);1H. The third-order valence-corrected chi connectivity index (χ3v) is 4.72. The second kappa shape index (κ2) is 11.6. The molecule has 0 saturated carbocycles. The molecule has 0 spiro atoms. The zero-order valence-electron chi connectivity index (χ0n) is 16.5. The first-order chi connectivity index (χ1) is 13.7. The number of nitrogens with one attached hydrogen (secondary N) is 2. The molecule has 2 N–H and O–H groups in total. The number of carbonyl (C=O) groups excluding carboxylic acids is 1. The number of para-hydroxylation sites is 1. The molecule has 1 heterocycles. The third-order valence-electron chi connectivity index (χ3n) is 4.72. The summed E-state index contributed by atoms with van der Waals surface area (Å²) in [6.07, 6.45) is 0. The van der Waals surface area contributed by atoms with Gasteiger partial charge in [-0.05, 0) is 17.7 Å². The van der Waals surface area contributed by atoms with Gasteiger partial charge in [-0.1, -0.05) is 42.5 Å². The van der Waals surface area contributed by atoms with Crippen molar-refractivity contribution in [2.24, 2.45) is 4.99 Å². The normalized spacial score (nSPS) is 14.2. The molecule has 1 aliphatic heterocycles. The van der Waals surface area contributed by atoms with Crippen molar-refractivity contribution in [3.05, 3.63) is 66.0 Å². The Labute approximate surface area is 188 Å². The molecule has 6 nitrogen and oxygen atoms in total. The Morgan fingerprint density at radius 3 is 2.31 bits per heavy atom. The van der Waals surface area contributed by atoms with E-state index < -0.39 is 0 Å². The largest absolute Gasteiger partial charge is 0.366 e. The summed E-state index contributed by atoms with van der Waals surface area (Å²) in [6, 6.07) is 16.6. The molecule has 1 saturated heterocycles. The first-order valence-electron chi connectivity index (χ1n) is 9.43. The van der Waals surface area contributed by atoms with E-state index >= 15 is 0 Å². The zero-order valence-corrected chi connectivity index (χ0v) is 18.8. The topological polar surface area (TPSA) is 60.0 Å². The highest BCUT2D eigenvalue weighted by Crippen LogP contribution is 2.20. The molecule has 0 atom stereocenters. The minimum absolute atomic E-state index is 0. The molecule has 0 unspecified atom stereocenters. The predicted molar refractivity (Wildman–Crippen MR) is 125 cm³/mol. The molecule has 156 valence electrons. The van der Waals surface area contributed by atoms with Crippen LogP contribution in [0.25, 0.3) is 0 Å². The number of amides is 1. The fourth-order valence-corrected chi connectivity index (χ4v) is 3.22. The van der Waals surface area contributed by atoms with E-state index in [4.69, 9.17) is 0 Å². The van der Waals surface area contributed by atoms with Gasteiger partial charge in [0.25, 0.3) is 0 Å². The van der Waals surface area contributed by atoms with Gasteiger partial charge in [-0.3, -0.25) is 9.79 Å². The van der Waals surface area contributed by atoms with Gasteiger partial charge in [0.1, 0.15) is 5.82 Å². The van der Waals surface area contributed by atoms with E-state index in [0.29, 0.717) is 44.4 Å². The van der Waals surface area contributed by atoms with Crippen molar-refractivity contribution in [2.45, 2.75) is 6.54 Å². The first-order valence-corrected chi connectivity index (χ1v) is 9.43. The maximum atomic E-state index is 14.0. The fraction of sp³-hybridized carbons (Fsp3) is 0.333. The fourth-order valence-electron chi connectivity index (χ4n) is 3.22. The molecule has 0 bridgehead atoms. The lowest BCUT2D eigenvalue weighted by Gasteiger charge is -2.37. The lowest BCUT2D eigenvalue weighted by Crippen LogP contribution is -2.53. The Morgan fingerprint density at radius 1 is 1.00 bits per heavy atom. The van der Waals surface area contributed by atoms with Gasteiger partial charge in [0.2, 0.25) is 5.91 Å². The number of benzene rings is 2. The number of halogens is 2. The molecule has 1 fully saturated rings. The summed E-state index contributed by atoms with van der Waals surface area (Å²) in [5.74, 6) is 0.395. The summed E-state index contributed by atoms with van der Waals surface area (Å²) in [5, 5.41) is 6.00. The maximum absolute atomic E-state index is 14.0. The van der Waals surface area contributed by atoms with Gasteiger partial charge >= 0.3 is 0 Å². The number of aliphatic imine (C=N–C) groups is 1.